The number of rotatable bonds is 4. The van der Waals surface area contributed by atoms with E-state index in [2.05, 4.69) is 108 Å². The van der Waals surface area contributed by atoms with Crippen LogP contribution >= 0.6 is 23.2 Å². The second-order valence-corrected chi connectivity index (χ2v) is 10.3. The Kier molecular flexibility index (Phi) is 7.21. The van der Waals surface area contributed by atoms with Crippen LogP contribution in [0.1, 0.15) is 19.4 Å². The maximum atomic E-state index is 3.52. The summed E-state index contributed by atoms with van der Waals surface area (Å²) in [5, 5.41) is 2.92. The van der Waals surface area contributed by atoms with Gasteiger partial charge in [0.05, 0.1) is 30.7 Å². The first-order chi connectivity index (χ1) is 11.7. The first-order valence-corrected chi connectivity index (χ1v) is 11.6. The molecule has 0 atom stereocenters. The molecule has 0 aliphatic heterocycles. The second-order valence-electron chi connectivity index (χ2n) is 5.65. The molecule has 0 aliphatic rings. The Labute approximate surface area is 155 Å². The van der Waals surface area contributed by atoms with Crippen molar-refractivity contribution in [3.8, 4) is 0 Å². The summed E-state index contributed by atoms with van der Waals surface area (Å²) < 4.78 is 1.13. The lowest BCUT2D eigenvalue weighted by Gasteiger charge is -2.23. The third kappa shape index (κ3) is 4.56. The first kappa shape index (κ1) is 18.9. The molecule has 0 saturated heterocycles. The molecule has 0 saturated carbocycles. The van der Waals surface area contributed by atoms with Crippen molar-refractivity contribution >= 4 is 33.8 Å². The highest BCUT2D eigenvalue weighted by Gasteiger charge is 2.37. The van der Waals surface area contributed by atoms with Crippen LogP contribution in [0, 0.1) is 0 Å². The van der Waals surface area contributed by atoms with Crippen molar-refractivity contribution in [2.75, 3.05) is 6.66 Å². The fraction of sp³-hybridized carbons (Fsp3) is 0.182. The highest BCUT2D eigenvalue weighted by Crippen LogP contribution is 2.55. The van der Waals surface area contributed by atoms with Crippen LogP contribution in [0.25, 0.3) is 0 Å². The number of benzene rings is 3. The third-order valence-electron chi connectivity index (χ3n) is 4.06. The summed E-state index contributed by atoms with van der Waals surface area (Å²) in [7, 11) is -1.43. The average Bonchev–Trinajstić information content (AvgIpc) is 2.66. The molecule has 0 N–H and O–H groups in total. The maximum Gasteiger partial charge on any atom is 0.0992 e. The fourth-order valence-electron chi connectivity index (χ4n) is 2.80. The van der Waals surface area contributed by atoms with Crippen LogP contribution in [0.4, 0.5) is 0 Å². The topological polar surface area (TPSA) is 0 Å². The molecular weight excluding hydrogens is 375 g/mol. The standard InChI is InChI=1S/C20H19BrP.C2H6/c1-22(19-8-4-2-5-9-19,20-10-6-3-7-11-20)16-17-12-14-18(21)15-13-17;1-2/h2-15H,16H2,1H3;1-2H3/q+1;. The molecule has 0 nitrogen and oxygen atoms in total. The van der Waals surface area contributed by atoms with Crippen LogP contribution in [0.2, 0.25) is 0 Å². The molecule has 3 aromatic rings. The van der Waals surface area contributed by atoms with E-state index in [9.17, 15) is 0 Å². The maximum absolute atomic E-state index is 3.52. The van der Waals surface area contributed by atoms with Crippen LogP contribution in [0.15, 0.2) is 89.4 Å². The Morgan fingerprint density at radius 2 is 1.08 bits per heavy atom. The van der Waals surface area contributed by atoms with E-state index in [1.54, 1.807) is 0 Å². The molecule has 0 aliphatic carbocycles. The van der Waals surface area contributed by atoms with Gasteiger partial charge in [-0.25, -0.2) is 0 Å². The summed E-state index contributed by atoms with van der Waals surface area (Å²) in [4.78, 5) is 0. The van der Waals surface area contributed by atoms with E-state index in [0.29, 0.717) is 0 Å². The zero-order chi connectivity index (χ0) is 17.4. The van der Waals surface area contributed by atoms with Gasteiger partial charge in [0.1, 0.15) is 0 Å². The van der Waals surface area contributed by atoms with Crippen molar-refractivity contribution in [1.29, 1.82) is 0 Å². The zero-order valence-corrected chi connectivity index (χ0v) is 17.1. The quantitative estimate of drug-likeness (QED) is 0.453. The summed E-state index contributed by atoms with van der Waals surface area (Å²) in [6.45, 7) is 6.44. The second kappa shape index (κ2) is 9.16. The van der Waals surface area contributed by atoms with Crippen molar-refractivity contribution in [1.82, 2.24) is 0 Å². The Balaban J connectivity index is 0.00000100. The Bertz CT molecular complexity index is 681. The monoisotopic (exact) mass is 399 g/mol. The van der Waals surface area contributed by atoms with Gasteiger partial charge in [-0.3, -0.25) is 0 Å². The van der Waals surface area contributed by atoms with Crippen LogP contribution in [-0.2, 0) is 6.16 Å². The first-order valence-electron chi connectivity index (χ1n) is 8.40. The van der Waals surface area contributed by atoms with Gasteiger partial charge in [-0.1, -0.05) is 78.3 Å². The van der Waals surface area contributed by atoms with Crippen LogP contribution in [0.3, 0.4) is 0 Å². The lowest BCUT2D eigenvalue weighted by Crippen LogP contribution is -2.22. The summed E-state index contributed by atoms with van der Waals surface area (Å²) in [6.07, 6.45) is 1.09. The van der Waals surface area contributed by atoms with Gasteiger partial charge in [0, 0.05) is 4.47 Å². The molecule has 0 bridgehead atoms. The average molecular weight is 400 g/mol. The van der Waals surface area contributed by atoms with Gasteiger partial charge in [0.2, 0.25) is 0 Å². The molecular formula is C22H25BrP+. The van der Waals surface area contributed by atoms with Crippen molar-refractivity contribution in [2.24, 2.45) is 0 Å². The van der Waals surface area contributed by atoms with Gasteiger partial charge in [-0.2, -0.15) is 0 Å². The minimum Gasteiger partial charge on any atom is -0.0683 e. The minimum atomic E-state index is -1.43. The molecule has 0 fully saturated rings. The fourth-order valence-corrected chi connectivity index (χ4v) is 6.33. The lowest BCUT2D eigenvalue weighted by molar-refractivity contribution is 1.38. The summed E-state index contributed by atoms with van der Waals surface area (Å²) >= 11 is 3.52. The lowest BCUT2D eigenvalue weighted by atomic mass is 10.2. The molecule has 0 amide bonds. The van der Waals surface area contributed by atoms with Crippen molar-refractivity contribution in [3.05, 3.63) is 95.0 Å². The van der Waals surface area contributed by atoms with Crippen molar-refractivity contribution in [3.63, 3.8) is 0 Å². The van der Waals surface area contributed by atoms with Gasteiger partial charge < -0.3 is 0 Å². The molecule has 124 valence electrons. The predicted octanol–water partition coefficient (Wildman–Crippen LogP) is 6.27. The highest BCUT2D eigenvalue weighted by molar-refractivity contribution is 9.10. The molecule has 0 heterocycles. The number of halogens is 1. The van der Waals surface area contributed by atoms with Gasteiger partial charge in [-0.15, -0.1) is 0 Å². The highest BCUT2D eigenvalue weighted by atomic mass is 79.9. The molecule has 24 heavy (non-hydrogen) atoms. The Hall–Kier alpha value is -1.43. The number of hydrogen-bond acceptors (Lipinski definition) is 0. The summed E-state index contributed by atoms with van der Waals surface area (Å²) in [5.41, 5.74) is 1.40. The molecule has 0 unspecified atom stereocenters. The van der Waals surface area contributed by atoms with E-state index in [-0.39, 0.29) is 0 Å². The SMILES string of the molecule is CC.C[P+](Cc1ccc(Br)cc1)(c1ccccc1)c1ccccc1. The van der Waals surface area contributed by atoms with Crippen LogP contribution < -0.4 is 10.6 Å². The molecule has 0 spiro atoms. The number of hydrogen-bond donors (Lipinski definition) is 0. The van der Waals surface area contributed by atoms with E-state index in [1.807, 2.05) is 13.8 Å². The van der Waals surface area contributed by atoms with Gasteiger partial charge in [-0.05, 0) is 42.0 Å². The van der Waals surface area contributed by atoms with Crippen LogP contribution in [-0.4, -0.2) is 6.66 Å². The van der Waals surface area contributed by atoms with Gasteiger partial charge in [0.15, 0.2) is 0 Å². The largest absolute Gasteiger partial charge is 0.0992 e. The molecule has 3 rings (SSSR count). The van der Waals surface area contributed by atoms with E-state index < -0.39 is 7.26 Å². The van der Waals surface area contributed by atoms with E-state index in [1.165, 1.54) is 16.2 Å². The smallest absolute Gasteiger partial charge is 0.0683 e. The van der Waals surface area contributed by atoms with Crippen molar-refractivity contribution in [2.45, 2.75) is 20.0 Å². The predicted molar refractivity (Wildman–Crippen MR) is 114 cm³/mol. The Morgan fingerprint density at radius 1 is 0.667 bits per heavy atom. The van der Waals surface area contributed by atoms with E-state index in [4.69, 9.17) is 0 Å². The van der Waals surface area contributed by atoms with E-state index >= 15 is 0 Å². The van der Waals surface area contributed by atoms with Gasteiger partial charge >= 0.3 is 0 Å². The minimum absolute atomic E-state index is 1.09. The van der Waals surface area contributed by atoms with E-state index in [0.717, 1.165) is 10.6 Å². The van der Waals surface area contributed by atoms with Gasteiger partial charge in [0.25, 0.3) is 0 Å². The molecule has 3 aromatic carbocycles. The summed E-state index contributed by atoms with van der Waals surface area (Å²) in [5.74, 6) is 0. The molecule has 0 radical (unpaired) electrons. The molecule has 0 aromatic heterocycles. The van der Waals surface area contributed by atoms with Crippen LogP contribution in [0.5, 0.6) is 0 Å². The summed E-state index contributed by atoms with van der Waals surface area (Å²) in [6, 6.07) is 30.6. The Morgan fingerprint density at radius 3 is 1.50 bits per heavy atom. The zero-order valence-electron chi connectivity index (χ0n) is 14.6. The van der Waals surface area contributed by atoms with Crippen molar-refractivity contribution < 1.29 is 0 Å². The third-order valence-corrected chi connectivity index (χ3v) is 8.47. The normalized spacial score (nSPS) is 10.7. The molecule has 2 heteroatoms.